The monoisotopic (exact) mass is 263 g/mol. The van der Waals surface area contributed by atoms with Crippen molar-refractivity contribution in [1.29, 1.82) is 0 Å². The minimum atomic E-state index is -0.0673. The van der Waals surface area contributed by atoms with E-state index in [1.807, 2.05) is 12.1 Å². The van der Waals surface area contributed by atoms with Gasteiger partial charge < -0.3 is 5.32 Å². The molecule has 0 aromatic heterocycles. The Hall–Kier alpha value is -0.890. The van der Waals surface area contributed by atoms with Crippen LogP contribution in [-0.4, -0.2) is 6.54 Å². The molecule has 1 saturated carbocycles. The summed E-state index contributed by atoms with van der Waals surface area (Å²) in [6.07, 6.45) is 6.79. The smallest absolute Gasteiger partial charge is 0.127 e. The second kappa shape index (κ2) is 7.04. The molecule has 106 valence electrons. The summed E-state index contributed by atoms with van der Waals surface area (Å²) in [7, 11) is 0. The van der Waals surface area contributed by atoms with Gasteiger partial charge in [0.2, 0.25) is 0 Å². The van der Waals surface area contributed by atoms with E-state index in [-0.39, 0.29) is 5.82 Å². The number of benzene rings is 1. The van der Waals surface area contributed by atoms with Crippen LogP contribution in [0.15, 0.2) is 18.2 Å². The standard InChI is InChI=1S/C17H26FN/c1-13(2)15-8-9-16(17(18)10-15)12-19-11-14-6-4-3-5-7-14/h8-10,13-14,19H,3-7,11-12H2,1-2H3. The fraction of sp³-hybridized carbons (Fsp3) is 0.647. The van der Waals surface area contributed by atoms with Crippen molar-refractivity contribution in [3.63, 3.8) is 0 Å². The number of halogens is 1. The maximum Gasteiger partial charge on any atom is 0.127 e. The highest BCUT2D eigenvalue weighted by atomic mass is 19.1. The Morgan fingerprint density at radius 3 is 2.58 bits per heavy atom. The summed E-state index contributed by atoms with van der Waals surface area (Å²) >= 11 is 0. The van der Waals surface area contributed by atoms with E-state index < -0.39 is 0 Å². The average Bonchev–Trinajstić information content (AvgIpc) is 2.41. The first-order chi connectivity index (χ1) is 9.16. The molecule has 1 aliphatic carbocycles. The van der Waals surface area contributed by atoms with Gasteiger partial charge in [0, 0.05) is 12.1 Å². The van der Waals surface area contributed by atoms with Gasteiger partial charge in [0.25, 0.3) is 0 Å². The van der Waals surface area contributed by atoms with Crippen molar-refractivity contribution < 1.29 is 4.39 Å². The molecule has 0 aliphatic heterocycles. The number of rotatable bonds is 5. The van der Waals surface area contributed by atoms with Gasteiger partial charge in [-0.2, -0.15) is 0 Å². The Morgan fingerprint density at radius 2 is 1.95 bits per heavy atom. The van der Waals surface area contributed by atoms with E-state index in [4.69, 9.17) is 0 Å². The molecule has 0 spiro atoms. The lowest BCUT2D eigenvalue weighted by molar-refractivity contribution is 0.341. The molecular weight excluding hydrogens is 237 g/mol. The third-order valence-electron chi connectivity index (χ3n) is 4.22. The lowest BCUT2D eigenvalue weighted by atomic mass is 9.89. The van der Waals surface area contributed by atoms with Crippen molar-refractivity contribution in [1.82, 2.24) is 5.32 Å². The van der Waals surface area contributed by atoms with Crippen LogP contribution in [-0.2, 0) is 6.54 Å². The molecule has 2 heteroatoms. The Labute approximate surface area is 116 Å². The third-order valence-corrected chi connectivity index (χ3v) is 4.22. The molecule has 1 aromatic rings. The van der Waals surface area contributed by atoms with E-state index in [0.717, 1.165) is 23.6 Å². The molecular formula is C17H26FN. The quantitative estimate of drug-likeness (QED) is 0.817. The SMILES string of the molecule is CC(C)c1ccc(CNCC2CCCCC2)c(F)c1. The van der Waals surface area contributed by atoms with Crippen LogP contribution in [0.2, 0.25) is 0 Å². The fourth-order valence-electron chi connectivity index (χ4n) is 2.87. The molecule has 0 amide bonds. The van der Waals surface area contributed by atoms with E-state index >= 15 is 0 Å². The lowest BCUT2D eigenvalue weighted by Gasteiger charge is -2.22. The maximum atomic E-state index is 13.9. The normalized spacial score (nSPS) is 17.1. The van der Waals surface area contributed by atoms with Crippen LogP contribution < -0.4 is 5.32 Å². The molecule has 0 bridgehead atoms. The number of nitrogens with one attached hydrogen (secondary N) is 1. The number of hydrogen-bond acceptors (Lipinski definition) is 1. The highest BCUT2D eigenvalue weighted by Crippen LogP contribution is 2.23. The molecule has 1 fully saturated rings. The molecule has 19 heavy (non-hydrogen) atoms. The van der Waals surface area contributed by atoms with Crippen LogP contribution in [0.3, 0.4) is 0 Å². The van der Waals surface area contributed by atoms with Crippen LogP contribution in [0.25, 0.3) is 0 Å². The van der Waals surface area contributed by atoms with Gasteiger partial charge in [-0.15, -0.1) is 0 Å². The predicted octanol–water partition coefficient (Wildman–Crippen LogP) is 4.62. The highest BCUT2D eigenvalue weighted by Gasteiger charge is 2.13. The molecule has 1 aromatic carbocycles. The van der Waals surface area contributed by atoms with Gasteiger partial charge >= 0.3 is 0 Å². The molecule has 1 N–H and O–H groups in total. The Morgan fingerprint density at radius 1 is 1.21 bits per heavy atom. The molecule has 1 nitrogen and oxygen atoms in total. The third kappa shape index (κ3) is 4.31. The first-order valence-corrected chi connectivity index (χ1v) is 7.66. The summed E-state index contributed by atoms with van der Waals surface area (Å²) in [6, 6.07) is 5.66. The summed E-state index contributed by atoms with van der Waals surface area (Å²) in [5.41, 5.74) is 1.87. The van der Waals surface area contributed by atoms with Crippen LogP contribution in [0.4, 0.5) is 4.39 Å². The van der Waals surface area contributed by atoms with E-state index in [2.05, 4.69) is 19.2 Å². The number of hydrogen-bond donors (Lipinski definition) is 1. The van der Waals surface area contributed by atoms with Gasteiger partial charge in [0.05, 0.1) is 0 Å². The molecule has 0 atom stereocenters. The van der Waals surface area contributed by atoms with Gasteiger partial charge in [0.1, 0.15) is 5.82 Å². The van der Waals surface area contributed by atoms with Crippen molar-refractivity contribution in [3.8, 4) is 0 Å². The first-order valence-electron chi connectivity index (χ1n) is 7.66. The molecule has 0 radical (unpaired) electrons. The largest absolute Gasteiger partial charge is 0.312 e. The van der Waals surface area contributed by atoms with Crippen LogP contribution in [0, 0.1) is 11.7 Å². The first kappa shape index (κ1) is 14.5. The van der Waals surface area contributed by atoms with Crippen molar-refractivity contribution in [2.24, 2.45) is 5.92 Å². The Balaban J connectivity index is 1.82. The van der Waals surface area contributed by atoms with Crippen molar-refractivity contribution in [2.75, 3.05) is 6.54 Å². The van der Waals surface area contributed by atoms with Crippen LogP contribution in [0.5, 0.6) is 0 Å². The van der Waals surface area contributed by atoms with E-state index in [1.165, 1.54) is 32.1 Å². The van der Waals surface area contributed by atoms with Gasteiger partial charge in [-0.1, -0.05) is 45.2 Å². The van der Waals surface area contributed by atoms with E-state index in [9.17, 15) is 4.39 Å². The summed E-state index contributed by atoms with van der Waals surface area (Å²) in [6.45, 7) is 5.87. The zero-order chi connectivity index (χ0) is 13.7. The fourth-order valence-corrected chi connectivity index (χ4v) is 2.87. The lowest BCUT2D eigenvalue weighted by Crippen LogP contribution is -2.24. The van der Waals surface area contributed by atoms with E-state index in [1.54, 1.807) is 6.07 Å². The predicted molar refractivity (Wildman–Crippen MR) is 78.8 cm³/mol. The van der Waals surface area contributed by atoms with Crippen molar-refractivity contribution >= 4 is 0 Å². The zero-order valence-corrected chi connectivity index (χ0v) is 12.2. The van der Waals surface area contributed by atoms with Gasteiger partial charge in [-0.3, -0.25) is 0 Å². The minimum absolute atomic E-state index is 0.0673. The average molecular weight is 263 g/mol. The summed E-state index contributed by atoms with van der Waals surface area (Å²) in [5, 5.41) is 3.42. The Bertz CT molecular complexity index is 394. The second-order valence-electron chi connectivity index (χ2n) is 6.14. The molecule has 0 saturated heterocycles. The molecule has 0 heterocycles. The molecule has 0 unspecified atom stereocenters. The van der Waals surface area contributed by atoms with E-state index in [0.29, 0.717) is 12.5 Å². The zero-order valence-electron chi connectivity index (χ0n) is 12.2. The van der Waals surface area contributed by atoms with Gasteiger partial charge in [-0.25, -0.2) is 4.39 Å². The highest BCUT2D eigenvalue weighted by molar-refractivity contribution is 5.26. The van der Waals surface area contributed by atoms with Crippen LogP contribution in [0.1, 0.15) is 63.0 Å². The van der Waals surface area contributed by atoms with Crippen molar-refractivity contribution in [2.45, 2.75) is 58.4 Å². The topological polar surface area (TPSA) is 12.0 Å². The van der Waals surface area contributed by atoms with Gasteiger partial charge in [0.15, 0.2) is 0 Å². The molecule has 2 rings (SSSR count). The van der Waals surface area contributed by atoms with Crippen LogP contribution >= 0.6 is 0 Å². The molecule has 1 aliphatic rings. The summed E-state index contributed by atoms with van der Waals surface area (Å²) in [4.78, 5) is 0. The maximum absolute atomic E-state index is 13.9. The second-order valence-corrected chi connectivity index (χ2v) is 6.14. The summed E-state index contributed by atoms with van der Waals surface area (Å²) in [5.74, 6) is 1.12. The Kier molecular flexibility index (Phi) is 5.38. The van der Waals surface area contributed by atoms with Crippen molar-refractivity contribution in [3.05, 3.63) is 35.1 Å². The minimum Gasteiger partial charge on any atom is -0.312 e. The van der Waals surface area contributed by atoms with Gasteiger partial charge in [-0.05, 0) is 42.9 Å². The summed E-state index contributed by atoms with van der Waals surface area (Å²) < 4.78 is 13.9.